The Morgan fingerprint density at radius 2 is 1.87 bits per heavy atom. The van der Waals surface area contributed by atoms with Crippen LogP contribution in [0, 0.1) is 0 Å². The van der Waals surface area contributed by atoms with Crippen LogP contribution in [-0.4, -0.2) is 5.11 Å². The lowest BCUT2D eigenvalue weighted by molar-refractivity contribution is 0.183. The minimum Gasteiger partial charge on any atom is -0.388 e. The SMILES string of the molecule is OC1CC=Cc2cccc3cccc1c23. The van der Waals surface area contributed by atoms with Gasteiger partial charge in [0.15, 0.2) is 0 Å². The van der Waals surface area contributed by atoms with Crippen molar-refractivity contribution in [1.82, 2.24) is 0 Å². The first-order valence-electron chi connectivity index (χ1n) is 5.22. The Hall–Kier alpha value is -1.60. The van der Waals surface area contributed by atoms with Crippen LogP contribution in [0.1, 0.15) is 23.7 Å². The molecule has 1 atom stereocenters. The molecule has 3 rings (SSSR count). The van der Waals surface area contributed by atoms with E-state index in [4.69, 9.17) is 0 Å². The summed E-state index contributed by atoms with van der Waals surface area (Å²) in [6, 6.07) is 12.4. The quantitative estimate of drug-likeness (QED) is 0.685. The van der Waals surface area contributed by atoms with Crippen LogP contribution >= 0.6 is 0 Å². The molecular weight excluding hydrogens is 184 g/mol. The molecular formula is C14H12O. The average molecular weight is 196 g/mol. The highest BCUT2D eigenvalue weighted by Crippen LogP contribution is 2.32. The second kappa shape index (κ2) is 3.21. The third kappa shape index (κ3) is 1.28. The van der Waals surface area contributed by atoms with Crippen LogP contribution in [0.25, 0.3) is 16.8 Å². The lowest BCUT2D eigenvalue weighted by Gasteiger charge is -2.11. The van der Waals surface area contributed by atoms with E-state index < -0.39 is 0 Å². The number of hydrogen-bond donors (Lipinski definition) is 1. The van der Waals surface area contributed by atoms with Crippen LogP contribution in [0.3, 0.4) is 0 Å². The van der Waals surface area contributed by atoms with Gasteiger partial charge < -0.3 is 5.11 Å². The molecule has 2 aromatic carbocycles. The maximum atomic E-state index is 10.0. The molecule has 0 saturated heterocycles. The predicted molar refractivity (Wildman–Crippen MR) is 62.6 cm³/mol. The lowest BCUT2D eigenvalue weighted by Crippen LogP contribution is -1.95. The monoisotopic (exact) mass is 196 g/mol. The number of rotatable bonds is 0. The topological polar surface area (TPSA) is 20.2 Å². The normalized spacial score (nSPS) is 19.1. The molecule has 0 amide bonds. The summed E-state index contributed by atoms with van der Waals surface area (Å²) in [6.07, 6.45) is 4.48. The van der Waals surface area contributed by atoms with Crippen LogP contribution in [0.5, 0.6) is 0 Å². The van der Waals surface area contributed by atoms with Crippen LogP contribution < -0.4 is 0 Å². The smallest absolute Gasteiger partial charge is 0.0830 e. The van der Waals surface area contributed by atoms with E-state index in [0.717, 1.165) is 5.56 Å². The van der Waals surface area contributed by atoms with Crippen molar-refractivity contribution < 1.29 is 5.11 Å². The van der Waals surface area contributed by atoms with Gasteiger partial charge in [-0.3, -0.25) is 0 Å². The van der Waals surface area contributed by atoms with Crippen molar-refractivity contribution in [2.45, 2.75) is 12.5 Å². The summed E-state index contributed by atoms with van der Waals surface area (Å²) in [5, 5.41) is 12.4. The first kappa shape index (κ1) is 8.69. The highest BCUT2D eigenvalue weighted by atomic mass is 16.3. The Morgan fingerprint density at radius 3 is 2.73 bits per heavy atom. The number of aliphatic hydroxyl groups excluding tert-OH is 1. The van der Waals surface area contributed by atoms with Gasteiger partial charge in [0.2, 0.25) is 0 Å². The highest BCUT2D eigenvalue weighted by Gasteiger charge is 2.13. The van der Waals surface area contributed by atoms with Gasteiger partial charge in [-0.05, 0) is 28.3 Å². The fourth-order valence-corrected chi connectivity index (χ4v) is 2.27. The van der Waals surface area contributed by atoms with Crippen LogP contribution in [-0.2, 0) is 0 Å². The van der Waals surface area contributed by atoms with Gasteiger partial charge in [-0.2, -0.15) is 0 Å². The molecule has 0 bridgehead atoms. The van der Waals surface area contributed by atoms with Gasteiger partial charge in [0, 0.05) is 0 Å². The zero-order chi connectivity index (χ0) is 10.3. The van der Waals surface area contributed by atoms with E-state index in [0.29, 0.717) is 6.42 Å². The Kier molecular flexibility index (Phi) is 1.86. The molecule has 2 aromatic rings. The Labute approximate surface area is 88.7 Å². The highest BCUT2D eigenvalue weighted by molar-refractivity contribution is 5.94. The number of benzene rings is 2. The Balaban J connectivity index is 2.48. The molecule has 0 aromatic heterocycles. The molecule has 1 nitrogen and oxygen atoms in total. The molecule has 0 aliphatic heterocycles. The van der Waals surface area contributed by atoms with E-state index >= 15 is 0 Å². The van der Waals surface area contributed by atoms with Gasteiger partial charge in [0.1, 0.15) is 0 Å². The summed E-state index contributed by atoms with van der Waals surface area (Å²) in [7, 11) is 0. The van der Waals surface area contributed by atoms with Crippen molar-refractivity contribution in [3.05, 3.63) is 53.6 Å². The third-order valence-corrected chi connectivity index (χ3v) is 2.98. The van der Waals surface area contributed by atoms with Crippen molar-refractivity contribution in [2.24, 2.45) is 0 Å². The molecule has 15 heavy (non-hydrogen) atoms. The van der Waals surface area contributed by atoms with Crippen molar-refractivity contribution in [1.29, 1.82) is 0 Å². The van der Waals surface area contributed by atoms with Gasteiger partial charge in [0.25, 0.3) is 0 Å². The summed E-state index contributed by atoms with van der Waals surface area (Å²) >= 11 is 0. The van der Waals surface area contributed by atoms with Gasteiger partial charge >= 0.3 is 0 Å². The molecule has 74 valence electrons. The van der Waals surface area contributed by atoms with Gasteiger partial charge in [-0.1, -0.05) is 48.6 Å². The first-order chi connectivity index (χ1) is 7.36. The Morgan fingerprint density at radius 1 is 1.07 bits per heavy atom. The zero-order valence-corrected chi connectivity index (χ0v) is 8.35. The van der Waals surface area contributed by atoms with Crippen molar-refractivity contribution in [3.8, 4) is 0 Å². The fraction of sp³-hybridized carbons (Fsp3) is 0.143. The molecule has 1 heteroatoms. The largest absolute Gasteiger partial charge is 0.388 e. The van der Waals surface area contributed by atoms with E-state index in [1.165, 1.54) is 16.3 Å². The third-order valence-electron chi connectivity index (χ3n) is 2.98. The average Bonchev–Trinajstić information content (AvgIpc) is 2.42. The second-order valence-corrected chi connectivity index (χ2v) is 3.95. The molecule has 0 fully saturated rings. The zero-order valence-electron chi connectivity index (χ0n) is 8.35. The van der Waals surface area contributed by atoms with E-state index in [1.807, 2.05) is 18.2 Å². The molecule has 1 N–H and O–H groups in total. The maximum Gasteiger partial charge on any atom is 0.0830 e. The van der Waals surface area contributed by atoms with Crippen LogP contribution in [0.4, 0.5) is 0 Å². The van der Waals surface area contributed by atoms with Crippen LogP contribution in [0.2, 0.25) is 0 Å². The minimum absolute atomic E-state index is 0.367. The molecule has 0 spiro atoms. The van der Waals surface area contributed by atoms with E-state index in [9.17, 15) is 5.11 Å². The summed E-state index contributed by atoms with van der Waals surface area (Å²) in [4.78, 5) is 0. The predicted octanol–water partition coefficient (Wildman–Crippen LogP) is 3.29. The molecule has 0 saturated carbocycles. The van der Waals surface area contributed by atoms with E-state index in [2.05, 4.69) is 30.3 Å². The summed E-state index contributed by atoms with van der Waals surface area (Å²) in [5.41, 5.74) is 2.26. The standard InChI is InChI=1S/C14H12O/c15-13-9-3-7-11-5-1-4-10-6-2-8-12(13)14(10)11/h1-8,13,15H,9H2. The summed E-state index contributed by atoms with van der Waals surface area (Å²) in [5.74, 6) is 0. The molecule has 1 aliphatic carbocycles. The molecule has 1 unspecified atom stereocenters. The lowest BCUT2D eigenvalue weighted by atomic mass is 9.97. The molecule has 1 aliphatic rings. The van der Waals surface area contributed by atoms with Gasteiger partial charge in [-0.15, -0.1) is 0 Å². The Bertz CT molecular complexity index is 535. The summed E-state index contributed by atoms with van der Waals surface area (Å²) in [6.45, 7) is 0. The van der Waals surface area contributed by atoms with E-state index in [-0.39, 0.29) is 6.10 Å². The van der Waals surface area contributed by atoms with Crippen molar-refractivity contribution in [2.75, 3.05) is 0 Å². The second-order valence-electron chi connectivity index (χ2n) is 3.95. The summed E-state index contributed by atoms with van der Waals surface area (Å²) < 4.78 is 0. The van der Waals surface area contributed by atoms with E-state index in [1.54, 1.807) is 0 Å². The minimum atomic E-state index is -0.367. The van der Waals surface area contributed by atoms with Gasteiger partial charge in [-0.25, -0.2) is 0 Å². The van der Waals surface area contributed by atoms with Gasteiger partial charge in [0.05, 0.1) is 6.10 Å². The first-order valence-corrected chi connectivity index (χ1v) is 5.22. The molecule has 0 radical (unpaired) electrons. The van der Waals surface area contributed by atoms with Crippen molar-refractivity contribution >= 4 is 16.8 Å². The van der Waals surface area contributed by atoms with Crippen LogP contribution in [0.15, 0.2) is 42.5 Å². The fourth-order valence-electron chi connectivity index (χ4n) is 2.27. The number of aliphatic hydroxyl groups is 1. The maximum absolute atomic E-state index is 10.0. The number of hydrogen-bond acceptors (Lipinski definition) is 1. The van der Waals surface area contributed by atoms with Crippen molar-refractivity contribution in [3.63, 3.8) is 0 Å². The molecule has 0 heterocycles.